The van der Waals surface area contributed by atoms with Gasteiger partial charge in [-0.3, -0.25) is 9.59 Å². The average Bonchev–Trinajstić information content (AvgIpc) is 3.20. The number of fused-ring (bicyclic) bond motifs is 1. The standard InChI is InChI=1S/C20H18N2O4/c23-18(12-17-13-6-1-2-7-14(13)20(25)26-17)21-15-8-3-4-9-16(15)22-11-5-10-19(22)24/h1-4,6-9,17H,5,10-12H2,(H,21,23)/t17-/m0/s1. The summed E-state index contributed by atoms with van der Waals surface area (Å²) in [7, 11) is 0. The molecule has 26 heavy (non-hydrogen) atoms. The van der Waals surface area contributed by atoms with Gasteiger partial charge in [0, 0.05) is 18.5 Å². The van der Waals surface area contributed by atoms with Crippen LogP contribution in [0.1, 0.15) is 41.3 Å². The van der Waals surface area contributed by atoms with Crippen LogP contribution in [0.4, 0.5) is 11.4 Å². The van der Waals surface area contributed by atoms with Gasteiger partial charge in [-0.1, -0.05) is 30.3 Å². The third-order valence-corrected chi connectivity index (χ3v) is 4.69. The molecule has 0 spiro atoms. The van der Waals surface area contributed by atoms with Crippen LogP contribution in [0.5, 0.6) is 0 Å². The van der Waals surface area contributed by atoms with E-state index >= 15 is 0 Å². The molecule has 2 heterocycles. The number of para-hydroxylation sites is 2. The molecular weight excluding hydrogens is 332 g/mol. The number of nitrogens with one attached hydrogen (secondary N) is 1. The molecule has 2 aromatic carbocycles. The number of hydrogen-bond donors (Lipinski definition) is 1. The van der Waals surface area contributed by atoms with Gasteiger partial charge in [-0.15, -0.1) is 0 Å². The summed E-state index contributed by atoms with van der Waals surface area (Å²) in [5.74, 6) is -0.606. The number of rotatable bonds is 4. The first-order chi connectivity index (χ1) is 12.6. The lowest BCUT2D eigenvalue weighted by Gasteiger charge is -2.20. The molecule has 1 N–H and O–H groups in total. The molecule has 132 valence electrons. The van der Waals surface area contributed by atoms with Gasteiger partial charge >= 0.3 is 5.97 Å². The van der Waals surface area contributed by atoms with E-state index in [0.717, 1.165) is 12.0 Å². The van der Waals surface area contributed by atoms with E-state index < -0.39 is 12.1 Å². The number of benzene rings is 2. The molecule has 0 radical (unpaired) electrons. The summed E-state index contributed by atoms with van der Waals surface area (Å²) in [6.07, 6.45) is 0.789. The second-order valence-corrected chi connectivity index (χ2v) is 6.40. The van der Waals surface area contributed by atoms with E-state index in [1.807, 2.05) is 24.3 Å². The summed E-state index contributed by atoms with van der Waals surface area (Å²) in [4.78, 5) is 38.1. The summed E-state index contributed by atoms with van der Waals surface area (Å²) in [5, 5.41) is 2.86. The Morgan fingerprint density at radius 1 is 1.12 bits per heavy atom. The van der Waals surface area contributed by atoms with Gasteiger partial charge in [0.25, 0.3) is 0 Å². The lowest BCUT2D eigenvalue weighted by atomic mass is 10.0. The highest BCUT2D eigenvalue weighted by molar-refractivity contribution is 6.02. The van der Waals surface area contributed by atoms with Gasteiger partial charge < -0.3 is 15.0 Å². The fraction of sp³-hybridized carbons (Fsp3) is 0.250. The average molecular weight is 350 g/mol. The highest BCUT2D eigenvalue weighted by atomic mass is 16.5. The van der Waals surface area contributed by atoms with Crippen molar-refractivity contribution in [2.24, 2.45) is 0 Å². The number of hydrogen-bond acceptors (Lipinski definition) is 4. The number of nitrogens with zero attached hydrogens (tertiary/aromatic N) is 1. The van der Waals surface area contributed by atoms with Gasteiger partial charge in [0.05, 0.1) is 23.4 Å². The van der Waals surface area contributed by atoms with E-state index in [4.69, 9.17) is 4.74 Å². The van der Waals surface area contributed by atoms with Gasteiger partial charge in [-0.25, -0.2) is 4.79 Å². The number of cyclic esters (lactones) is 1. The molecule has 0 aromatic heterocycles. The zero-order valence-electron chi connectivity index (χ0n) is 14.1. The van der Waals surface area contributed by atoms with Gasteiger partial charge in [-0.05, 0) is 24.6 Å². The second-order valence-electron chi connectivity index (χ2n) is 6.40. The highest BCUT2D eigenvalue weighted by Crippen LogP contribution is 2.34. The maximum atomic E-state index is 12.5. The zero-order chi connectivity index (χ0) is 18.1. The van der Waals surface area contributed by atoms with Crippen molar-refractivity contribution in [2.45, 2.75) is 25.4 Å². The smallest absolute Gasteiger partial charge is 0.339 e. The number of esters is 1. The number of anilines is 2. The lowest BCUT2D eigenvalue weighted by molar-refractivity contribution is -0.118. The molecule has 0 bridgehead atoms. The molecule has 0 saturated carbocycles. The second kappa shape index (κ2) is 6.63. The molecule has 0 aliphatic carbocycles. The highest BCUT2D eigenvalue weighted by Gasteiger charge is 2.32. The Balaban J connectivity index is 1.50. The minimum absolute atomic E-state index is 0.0328. The summed E-state index contributed by atoms with van der Waals surface area (Å²) < 4.78 is 5.32. The number of ether oxygens (including phenoxy) is 1. The van der Waals surface area contributed by atoms with Crippen LogP contribution in [-0.2, 0) is 14.3 Å². The van der Waals surface area contributed by atoms with Crippen molar-refractivity contribution in [2.75, 3.05) is 16.8 Å². The summed E-state index contributed by atoms with van der Waals surface area (Å²) >= 11 is 0. The molecule has 2 aliphatic heterocycles. The van der Waals surface area contributed by atoms with E-state index in [1.54, 1.807) is 29.2 Å². The monoisotopic (exact) mass is 350 g/mol. The predicted octanol–water partition coefficient (Wildman–Crippen LogP) is 3.05. The van der Waals surface area contributed by atoms with Crippen LogP contribution >= 0.6 is 0 Å². The Morgan fingerprint density at radius 2 is 1.88 bits per heavy atom. The van der Waals surface area contributed by atoms with Crippen molar-refractivity contribution in [3.8, 4) is 0 Å². The van der Waals surface area contributed by atoms with Crippen LogP contribution in [0.25, 0.3) is 0 Å². The van der Waals surface area contributed by atoms with Crippen molar-refractivity contribution in [1.82, 2.24) is 0 Å². The minimum atomic E-state index is -0.584. The van der Waals surface area contributed by atoms with E-state index in [2.05, 4.69) is 5.32 Å². The quantitative estimate of drug-likeness (QED) is 0.860. The van der Waals surface area contributed by atoms with Crippen LogP contribution in [-0.4, -0.2) is 24.3 Å². The molecule has 4 rings (SSSR count). The zero-order valence-corrected chi connectivity index (χ0v) is 14.1. The summed E-state index contributed by atoms with van der Waals surface area (Å²) in [5.41, 5.74) is 2.53. The first-order valence-electron chi connectivity index (χ1n) is 8.62. The van der Waals surface area contributed by atoms with E-state index in [0.29, 0.717) is 29.9 Å². The normalized spacial score (nSPS) is 18.6. The topological polar surface area (TPSA) is 75.7 Å². The molecule has 2 amide bonds. The van der Waals surface area contributed by atoms with E-state index in [1.165, 1.54) is 0 Å². The minimum Gasteiger partial charge on any atom is -0.453 e. The Kier molecular flexibility index (Phi) is 4.16. The van der Waals surface area contributed by atoms with Crippen molar-refractivity contribution in [1.29, 1.82) is 0 Å². The maximum Gasteiger partial charge on any atom is 0.339 e. The molecule has 1 fully saturated rings. The van der Waals surface area contributed by atoms with Crippen LogP contribution in [0.2, 0.25) is 0 Å². The lowest BCUT2D eigenvalue weighted by Crippen LogP contribution is -2.26. The summed E-state index contributed by atoms with van der Waals surface area (Å²) in [6, 6.07) is 14.3. The van der Waals surface area contributed by atoms with Crippen LogP contribution < -0.4 is 10.2 Å². The molecule has 1 saturated heterocycles. The molecule has 6 heteroatoms. The molecule has 2 aliphatic rings. The van der Waals surface area contributed by atoms with Gasteiger partial charge in [0.2, 0.25) is 11.8 Å². The fourth-order valence-corrected chi connectivity index (χ4v) is 3.46. The SMILES string of the molecule is O=C(C[C@@H]1OC(=O)c2ccccc21)Nc1ccccc1N1CCCC1=O. The Morgan fingerprint density at radius 3 is 2.69 bits per heavy atom. The van der Waals surface area contributed by atoms with Gasteiger partial charge in [0.1, 0.15) is 6.10 Å². The van der Waals surface area contributed by atoms with E-state index in [-0.39, 0.29) is 18.2 Å². The molecule has 2 aromatic rings. The molecule has 1 atom stereocenters. The van der Waals surface area contributed by atoms with Crippen LogP contribution in [0, 0.1) is 0 Å². The van der Waals surface area contributed by atoms with Crippen molar-refractivity contribution < 1.29 is 19.1 Å². The Bertz CT molecular complexity index is 893. The summed E-state index contributed by atoms with van der Waals surface area (Å²) in [6.45, 7) is 0.652. The van der Waals surface area contributed by atoms with Crippen molar-refractivity contribution >= 4 is 29.2 Å². The number of carbonyl (C=O) groups is 3. The van der Waals surface area contributed by atoms with E-state index in [9.17, 15) is 14.4 Å². The van der Waals surface area contributed by atoms with Crippen molar-refractivity contribution in [3.05, 3.63) is 59.7 Å². The van der Waals surface area contributed by atoms with Gasteiger partial charge in [-0.2, -0.15) is 0 Å². The molecule has 6 nitrogen and oxygen atoms in total. The third-order valence-electron chi connectivity index (χ3n) is 4.69. The van der Waals surface area contributed by atoms with Crippen molar-refractivity contribution in [3.63, 3.8) is 0 Å². The Labute approximate surface area is 150 Å². The maximum absolute atomic E-state index is 12.5. The predicted molar refractivity (Wildman–Crippen MR) is 95.9 cm³/mol. The first kappa shape index (κ1) is 16.3. The van der Waals surface area contributed by atoms with Crippen LogP contribution in [0.15, 0.2) is 48.5 Å². The fourth-order valence-electron chi connectivity index (χ4n) is 3.46. The molecule has 0 unspecified atom stereocenters. The largest absolute Gasteiger partial charge is 0.453 e. The third kappa shape index (κ3) is 2.94. The number of carbonyl (C=O) groups excluding carboxylic acids is 3. The number of amides is 2. The van der Waals surface area contributed by atoms with Crippen LogP contribution in [0.3, 0.4) is 0 Å². The van der Waals surface area contributed by atoms with Gasteiger partial charge in [0.15, 0.2) is 0 Å². The first-order valence-corrected chi connectivity index (χ1v) is 8.62. The Hall–Kier alpha value is -3.15. The molecular formula is C20H18N2O4.